The van der Waals surface area contributed by atoms with Crippen LogP contribution in [0, 0.1) is 11.8 Å². The number of ether oxygens (including phenoxy) is 1. The summed E-state index contributed by atoms with van der Waals surface area (Å²) in [4.78, 5) is 10.5. The average Bonchev–Trinajstić information content (AvgIpc) is 2.17. The minimum Gasteiger partial charge on any atom is -0.481 e. The maximum atomic E-state index is 10.5. The molecule has 2 N–H and O–H groups in total. The molecule has 0 amide bonds. The van der Waals surface area contributed by atoms with Gasteiger partial charge in [0.2, 0.25) is 0 Å². The summed E-state index contributed by atoms with van der Waals surface area (Å²) in [5.41, 5.74) is 0. The van der Waals surface area contributed by atoms with Gasteiger partial charge in [-0.3, -0.25) is 4.79 Å². The Morgan fingerprint density at radius 2 is 2.07 bits per heavy atom. The van der Waals surface area contributed by atoms with Crippen molar-refractivity contribution >= 4 is 5.97 Å². The number of aliphatic carboxylic acids is 1. The van der Waals surface area contributed by atoms with E-state index in [0.29, 0.717) is 13.2 Å². The number of hydrogen-bond donors (Lipinski definition) is 2. The van der Waals surface area contributed by atoms with Gasteiger partial charge in [-0.2, -0.15) is 0 Å². The molecule has 2 atom stereocenters. The molecular weight excluding hydrogens is 184 g/mol. The lowest BCUT2D eigenvalue weighted by atomic mass is 9.85. The van der Waals surface area contributed by atoms with E-state index in [-0.39, 0.29) is 18.3 Å². The molecule has 2 unspecified atom stereocenters. The van der Waals surface area contributed by atoms with Crippen LogP contribution in [0.25, 0.3) is 0 Å². The lowest BCUT2D eigenvalue weighted by Gasteiger charge is -2.29. The number of carboxylic acids is 1. The van der Waals surface area contributed by atoms with Crippen molar-refractivity contribution in [2.45, 2.75) is 32.3 Å². The van der Waals surface area contributed by atoms with Crippen LogP contribution >= 0.6 is 0 Å². The summed E-state index contributed by atoms with van der Waals surface area (Å²) in [6, 6.07) is 0. The minimum absolute atomic E-state index is 0.0402. The predicted octanol–water partition coefficient (Wildman–Crippen LogP) is 0.885. The molecule has 1 aliphatic heterocycles. The quantitative estimate of drug-likeness (QED) is 0.710. The van der Waals surface area contributed by atoms with Crippen molar-refractivity contribution in [3.63, 3.8) is 0 Å². The average molecular weight is 202 g/mol. The third kappa shape index (κ3) is 3.27. The summed E-state index contributed by atoms with van der Waals surface area (Å²) in [5, 5.41) is 18.5. The van der Waals surface area contributed by atoms with Crippen LogP contribution in [-0.2, 0) is 9.53 Å². The Morgan fingerprint density at radius 3 is 2.57 bits per heavy atom. The van der Waals surface area contributed by atoms with Crippen molar-refractivity contribution in [3.05, 3.63) is 0 Å². The van der Waals surface area contributed by atoms with Crippen molar-refractivity contribution in [2.24, 2.45) is 11.8 Å². The van der Waals surface area contributed by atoms with Gasteiger partial charge in [-0.25, -0.2) is 0 Å². The maximum absolute atomic E-state index is 10.5. The Labute approximate surface area is 83.9 Å². The molecule has 82 valence electrons. The van der Waals surface area contributed by atoms with E-state index in [9.17, 15) is 9.90 Å². The second-order valence-corrected chi connectivity index (χ2v) is 4.02. The van der Waals surface area contributed by atoms with Crippen molar-refractivity contribution in [1.29, 1.82) is 0 Å². The van der Waals surface area contributed by atoms with Gasteiger partial charge in [0.15, 0.2) is 0 Å². The number of aliphatic hydroxyl groups is 1. The van der Waals surface area contributed by atoms with E-state index in [1.807, 2.05) is 0 Å². The van der Waals surface area contributed by atoms with Crippen LogP contribution in [0.15, 0.2) is 0 Å². The zero-order valence-corrected chi connectivity index (χ0v) is 8.48. The number of carboxylic acid groups (broad SMARTS) is 1. The highest BCUT2D eigenvalue weighted by molar-refractivity contribution is 5.67. The number of rotatable bonds is 4. The van der Waals surface area contributed by atoms with E-state index in [0.717, 1.165) is 12.8 Å². The summed E-state index contributed by atoms with van der Waals surface area (Å²) in [6.45, 7) is 3.15. The van der Waals surface area contributed by atoms with Gasteiger partial charge in [0.1, 0.15) is 0 Å². The van der Waals surface area contributed by atoms with Gasteiger partial charge in [0.25, 0.3) is 0 Å². The molecule has 0 saturated carbocycles. The molecule has 1 fully saturated rings. The zero-order valence-electron chi connectivity index (χ0n) is 8.48. The first-order valence-electron chi connectivity index (χ1n) is 5.09. The molecule has 4 heteroatoms. The fourth-order valence-electron chi connectivity index (χ4n) is 1.92. The van der Waals surface area contributed by atoms with Gasteiger partial charge in [-0.15, -0.1) is 0 Å². The van der Waals surface area contributed by atoms with Gasteiger partial charge in [0.05, 0.1) is 12.5 Å². The Balaban J connectivity index is 2.37. The topological polar surface area (TPSA) is 66.8 Å². The van der Waals surface area contributed by atoms with Gasteiger partial charge in [-0.1, -0.05) is 6.92 Å². The van der Waals surface area contributed by atoms with E-state index < -0.39 is 12.1 Å². The SMILES string of the molecule is CC(CC(=O)O)C(O)C1CCOCC1. The fourth-order valence-corrected chi connectivity index (χ4v) is 1.92. The number of carbonyl (C=O) groups is 1. The van der Waals surface area contributed by atoms with Crippen molar-refractivity contribution in [3.8, 4) is 0 Å². The minimum atomic E-state index is -0.844. The van der Waals surface area contributed by atoms with E-state index in [4.69, 9.17) is 9.84 Å². The number of aliphatic hydroxyl groups excluding tert-OH is 1. The van der Waals surface area contributed by atoms with Gasteiger partial charge >= 0.3 is 5.97 Å². The van der Waals surface area contributed by atoms with Gasteiger partial charge in [0, 0.05) is 13.2 Å². The molecule has 0 bridgehead atoms. The van der Waals surface area contributed by atoms with Crippen LogP contribution in [-0.4, -0.2) is 35.5 Å². The van der Waals surface area contributed by atoms with E-state index in [2.05, 4.69) is 0 Å². The first kappa shape index (κ1) is 11.5. The summed E-state index contributed by atoms with van der Waals surface area (Å²) in [5.74, 6) is -0.808. The van der Waals surface area contributed by atoms with E-state index >= 15 is 0 Å². The van der Waals surface area contributed by atoms with Crippen LogP contribution in [0.1, 0.15) is 26.2 Å². The summed E-state index contributed by atoms with van der Waals surface area (Å²) in [7, 11) is 0. The molecule has 0 aromatic carbocycles. The second-order valence-electron chi connectivity index (χ2n) is 4.02. The number of hydrogen-bond acceptors (Lipinski definition) is 3. The third-order valence-electron chi connectivity index (χ3n) is 2.83. The molecule has 0 spiro atoms. The molecule has 0 aromatic heterocycles. The predicted molar refractivity (Wildman–Crippen MR) is 51.0 cm³/mol. The molecular formula is C10H18O4. The molecule has 4 nitrogen and oxygen atoms in total. The molecule has 1 heterocycles. The first-order valence-corrected chi connectivity index (χ1v) is 5.09. The van der Waals surface area contributed by atoms with Crippen molar-refractivity contribution in [2.75, 3.05) is 13.2 Å². The van der Waals surface area contributed by atoms with Crippen molar-refractivity contribution < 1.29 is 19.7 Å². The van der Waals surface area contributed by atoms with Crippen LogP contribution in [0.4, 0.5) is 0 Å². The summed E-state index contributed by atoms with van der Waals surface area (Å²) in [6.07, 6.45) is 1.21. The second kappa shape index (κ2) is 5.32. The molecule has 1 aliphatic rings. The maximum Gasteiger partial charge on any atom is 0.303 e. The highest BCUT2D eigenvalue weighted by Gasteiger charge is 2.27. The van der Waals surface area contributed by atoms with E-state index in [1.54, 1.807) is 6.92 Å². The highest BCUT2D eigenvalue weighted by atomic mass is 16.5. The lowest BCUT2D eigenvalue weighted by Crippen LogP contribution is -2.33. The van der Waals surface area contributed by atoms with Crippen LogP contribution in [0.5, 0.6) is 0 Å². The molecule has 0 radical (unpaired) electrons. The Hall–Kier alpha value is -0.610. The summed E-state index contributed by atoms with van der Waals surface area (Å²) >= 11 is 0. The largest absolute Gasteiger partial charge is 0.481 e. The summed E-state index contributed by atoms with van der Waals surface area (Å²) < 4.78 is 5.18. The molecule has 14 heavy (non-hydrogen) atoms. The Morgan fingerprint density at radius 1 is 1.50 bits per heavy atom. The molecule has 1 rings (SSSR count). The van der Waals surface area contributed by atoms with Gasteiger partial charge in [-0.05, 0) is 24.7 Å². The first-order chi connectivity index (χ1) is 6.61. The fraction of sp³-hybridized carbons (Fsp3) is 0.900. The van der Waals surface area contributed by atoms with Crippen molar-refractivity contribution in [1.82, 2.24) is 0 Å². The van der Waals surface area contributed by atoms with Gasteiger partial charge < -0.3 is 14.9 Å². The monoisotopic (exact) mass is 202 g/mol. The zero-order chi connectivity index (χ0) is 10.6. The van der Waals surface area contributed by atoms with Crippen LogP contribution < -0.4 is 0 Å². The lowest BCUT2D eigenvalue weighted by molar-refractivity contribution is -0.139. The normalized spacial score (nSPS) is 23.0. The Kier molecular flexibility index (Phi) is 4.35. The molecule has 1 saturated heterocycles. The smallest absolute Gasteiger partial charge is 0.303 e. The van der Waals surface area contributed by atoms with E-state index in [1.165, 1.54) is 0 Å². The van der Waals surface area contributed by atoms with Crippen LogP contribution in [0.2, 0.25) is 0 Å². The molecule has 0 aromatic rings. The van der Waals surface area contributed by atoms with Crippen LogP contribution in [0.3, 0.4) is 0 Å². The highest BCUT2D eigenvalue weighted by Crippen LogP contribution is 2.24. The molecule has 0 aliphatic carbocycles. The Bertz CT molecular complexity index is 187. The standard InChI is InChI=1S/C10H18O4/c1-7(6-9(11)12)10(13)8-2-4-14-5-3-8/h7-8,10,13H,2-6H2,1H3,(H,11,12). The third-order valence-corrected chi connectivity index (χ3v) is 2.83.